The monoisotopic (exact) mass is 367 g/mol. The molecule has 0 aliphatic carbocycles. The lowest BCUT2D eigenvalue weighted by atomic mass is 10.0. The summed E-state index contributed by atoms with van der Waals surface area (Å²) in [5, 5.41) is 4.82. The number of hydrogen-bond acceptors (Lipinski definition) is 4. The predicted molar refractivity (Wildman–Crippen MR) is 102 cm³/mol. The number of benzene rings is 2. The van der Waals surface area contributed by atoms with Crippen LogP contribution in [0.1, 0.15) is 17.4 Å². The second-order valence-corrected chi connectivity index (χ2v) is 5.96. The van der Waals surface area contributed by atoms with E-state index in [1.165, 1.54) is 0 Å². The third-order valence-corrected chi connectivity index (χ3v) is 4.23. The van der Waals surface area contributed by atoms with Crippen molar-refractivity contribution < 1.29 is 24.0 Å². The number of methoxy groups -OCH3 is 2. The Labute approximate surface area is 158 Å². The Morgan fingerprint density at radius 2 is 1.89 bits per heavy atom. The summed E-state index contributed by atoms with van der Waals surface area (Å²) in [5.41, 5.74) is 1.64. The Hall–Kier alpha value is -3.25. The zero-order chi connectivity index (χ0) is 19.1. The molecule has 3 rings (SSSR count). The Balaban J connectivity index is 1.70. The molecule has 27 heavy (non-hydrogen) atoms. The Morgan fingerprint density at radius 3 is 2.56 bits per heavy atom. The van der Waals surface area contributed by atoms with Crippen molar-refractivity contribution in [1.82, 2.24) is 0 Å². The van der Waals surface area contributed by atoms with Gasteiger partial charge in [-0.05, 0) is 24.3 Å². The molecule has 0 aliphatic heterocycles. The molecule has 6 heteroatoms. The van der Waals surface area contributed by atoms with E-state index in [4.69, 9.17) is 13.9 Å². The smallest absolute Gasteiger partial charge is 0.279 e. The van der Waals surface area contributed by atoms with E-state index in [-0.39, 0.29) is 18.5 Å². The topological polar surface area (TPSA) is 77.3 Å². The number of rotatable bonds is 8. The van der Waals surface area contributed by atoms with Crippen LogP contribution >= 0.6 is 0 Å². The molecule has 3 N–H and O–H groups in total. The molecule has 0 saturated heterocycles. The number of nitrogens with one attached hydrogen (secondary N) is 1. The van der Waals surface area contributed by atoms with Crippen molar-refractivity contribution in [2.45, 2.75) is 6.04 Å². The van der Waals surface area contributed by atoms with E-state index in [1.54, 1.807) is 38.7 Å². The van der Waals surface area contributed by atoms with Crippen LogP contribution in [0.5, 0.6) is 11.5 Å². The third-order valence-electron chi connectivity index (χ3n) is 4.23. The van der Waals surface area contributed by atoms with Gasteiger partial charge < -0.3 is 24.5 Å². The average molecular weight is 367 g/mol. The minimum Gasteiger partial charge on any atom is -0.497 e. The fourth-order valence-corrected chi connectivity index (χ4v) is 2.88. The van der Waals surface area contributed by atoms with Crippen LogP contribution in [-0.4, -0.2) is 26.7 Å². The lowest BCUT2D eigenvalue weighted by Gasteiger charge is -2.15. The third kappa shape index (κ3) is 4.68. The van der Waals surface area contributed by atoms with Gasteiger partial charge in [0.25, 0.3) is 5.91 Å². The second-order valence-electron chi connectivity index (χ2n) is 5.96. The van der Waals surface area contributed by atoms with E-state index in [1.807, 2.05) is 47.8 Å². The largest absolute Gasteiger partial charge is 0.497 e. The number of anilines is 1. The molecule has 1 atom stereocenters. The molecule has 2 aromatic carbocycles. The quantitative estimate of drug-likeness (QED) is 0.642. The lowest BCUT2D eigenvalue weighted by Crippen LogP contribution is -2.87. The van der Waals surface area contributed by atoms with Crippen LogP contribution in [0.25, 0.3) is 0 Å². The second kappa shape index (κ2) is 8.91. The first kappa shape index (κ1) is 18.5. The maximum Gasteiger partial charge on any atom is 0.279 e. The van der Waals surface area contributed by atoms with E-state index < -0.39 is 0 Å². The van der Waals surface area contributed by atoms with Crippen molar-refractivity contribution in [1.29, 1.82) is 0 Å². The normalized spacial score (nSPS) is 11.6. The summed E-state index contributed by atoms with van der Waals surface area (Å²) in [4.78, 5) is 12.5. The summed E-state index contributed by atoms with van der Waals surface area (Å²) >= 11 is 0. The molecule has 0 bridgehead atoms. The number of nitrogens with two attached hydrogens (primary N) is 1. The Bertz CT molecular complexity index is 863. The van der Waals surface area contributed by atoms with Crippen molar-refractivity contribution in [3.63, 3.8) is 0 Å². The number of hydrogen-bond donors (Lipinski definition) is 2. The van der Waals surface area contributed by atoms with Crippen LogP contribution in [0.15, 0.2) is 71.3 Å². The molecule has 6 nitrogen and oxygen atoms in total. The first-order chi connectivity index (χ1) is 13.2. The number of amides is 1. The molecule has 1 aromatic heterocycles. The number of ether oxygens (including phenoxy) is 2. The predicted octanol–water partition coefficient (Wildman–Crippen LogP) is 2.59. The standard InChI is InChI=1S/C21H22N2O4/c1-25-16-10-11-18(26-2)17(13-16)23-20(24)14-22-21(19-9-6-12-27-19)15-7-4-3-5-8-15/h3-13,21-22H,14H2,1-2H3,(H,23,24)/p+1/t21-/m1/s1. The molecule has 1 amide bonds. The molecule has 140 valence electrons. The van der Waals surface area contributed by atoms with Gasteiger partial charge in [-0.2, -0.15) is 0 Å². The van der Waals surface area contributed by atoms with Gasteiger partial charge in [0.05, 0.1) is 26.2 Å². The minimum atomic E-state index is -0.144. The van der Waals surface area contributed by atoms with Gasteiger partial charge in [-0.25, -0.2) is 0 Å². The molecule has 0 spiro atoms. The zero-order valence-electron chi connectivity index (χ0n) is 15.3. The van der Waals surface area contributed by atoms with E-state index in [0.717, 1.165) is 11.3 Å². The van der Waals surface area contributed by atoms with E-state index >= 15 is 0 Å². The summed E-state index contributed by atoms with van der Waals surface area (Å²) in [6.45, 7) is 0.223. The number of quaternary nitrogens is 1. The van der Waals surface area contributed by atoms with Crippen molar-refractivity contribution in [3.8, 4) is 11.5 Å². The van der Waals surface area contributed by atoms with Gasteiger partial charge in [0.15, 0.2) is 18.3 Å². The zero-order valence-corrected chi connectivity index (χ0v) is 15.3. The lowest BCUT2D eigenvalue weighted by molar-refractivity contribution is -0.678. The molecule has 1 heterocycles. The van der Waals surface area contributed by atoms with Gasteiger partial charge in [-0.3, -0.25) is 4.79 Å². The van der Waals surface area contributed by atoms with Crippen molar-refractivity contribution >= 4 is 11.6 Å². The fourth-order valence-electron chi connectivity index (χ4n) is 2.88. The first-order valence-electron chi connectivity index (χ1n) is 8.65. The van der Waals surface area contributed by atoms with E-state index in [2.05, 4.69) is 5.32 Å². The number of carbonyl (C=O) groups is 1. The Morgan fingerprint density at radius 1 is 1.07 bits per heavy atom. The highest BCUT2D eigenvalue weighted by Gasteiger charge is 2.21. The fraction of sp³-hybridized carbons (Fsp3) is 0.190. The summed E-state index contributed by atoms with van der Waals surface area (Å²) < 4.78 is 16.1. The van der Waals surface area contributed by atoms with Crippen LogP contribution < -0.4 is 20.1 Å². The highest BCUT2D eigenvalue weighted by atomic mass is 16.5. The maximum atomic E-state index is 12.5. The van der Waals surface area contributed by atoms with Gasteiger partial charge >= 0.3 is 0 Å². The van der Waals surface area contributed by atoms with Crippen LogP contribution in [0.4, 0.5) is 5.69 Å². The van der Waals surface area contributed by atoms with E-state index in [9.17, 15) is 4.79 Å². The van der Waals surface area contributed by atoms with Crippen LogP contribution in [0.3, 0.4) is 0 Å². The van der Waals surface area contributed by atoms with Gasteiger partial charge in [0.1, 0.15) is 11.5 Å². The summed E-state index contributed by atoms with van der Waals surface area (Å²) in [7, 11) is 3.14. The van der Waals surface area contributed by atoms with Crippen LogP contribution in [0, 0.1) is 0 Å². The first-order valence-corrected chi connectivity index (χ1v) is 8.65. The highest BCUT2D eigenvalue weighted by Crippen LogP contribution is 2.28. The molecule has 0 saturated carbocycles. The van der Waals surface area contributed by atoms with Crippen LogP contribution in [-0.2, 0) is 4.79 Å². The molecule has 0 aliphatic rings. The molecular weight excluding hydrogens is 344 g/mol. The SMILES string of the molecule is COc1ccc(OC)c(NC(=O)C[NH2+][C@H](c2ccccc2)c2ccco2)c1. The van der Waals surface area contributed by atoms with E-state index in [0.29, 0.717) is 17.2 Å². The summed E-state index contributed by atoms with van der Waals surface area (Å²) in [6, 6.07) is 18.9. The highest BCUT2D eigenvalue weighted by molar-refractivity contribution is 5.93. The maximum absolute atomic E-state index is 12.5. The number of furan rings is 1. The van der Waals surface area contributed by atoms with Gasteiger partial charge in [-0.1, -0.05) is 30.3 Å². The van der Waals surface area contributed by atoms with Gasteiger partial charge in [-0.15, -0.1) is 0 Å². The molecule has 0 radical (unpaired) electrons. The van der Waals surface area contributed by atoms with Gasteiger partial charge in [0, 0.05) is 11.6 Å². The summed E-state index contributed by atoms with van der Waals surface area (Å²) in [6.07, 6.45) is 1.64. The molecular formula is C21H23N2O4+. The number of carbonyl (C=O) groups excluding carboxylic acids is 1. The Kier molecular flexibility index (Phi) is 6.12. The molecule has 3 aromatic rings. The minimum absolute atomic E-state index is 0.0980. The van der Waals surface area contributed by atoms with Crippen molar-refractivity contribution in [2.75, 3.05) is 26.1 Å². The van der Waals surface area contributed by atoms with Crippen molar-refractivity contribution in [2.24, 2.45) is 0 Å². The van der Waals surface area contributed by atoms with Crippen LogP contribution in [0.2, 0.25) is 0 Å². The van der Waals surface area contributed by atoms with Crippen molar-refractivity contribution in [3.05, 3.63) is 78.3 Å². The molecule has 0 unspecified atom stereocenters. The van der Waals surface area contributed by atoms with Gasteiger partial charge in [0.2, 0.25) is 0 Å². The average Bonchev–Trinajstić information content (AvgIpc) is 3.23. The summed E-state index contributed by atoms with van der Waals surface area (Å²) in [5.74, 6) is 1.88. The molecule has 0 fully saturated rings.